The van der Waals surface area contributed by atoms with Crippen LogP contribution < -0.4 is 16.0 Å². The van der Waals surface area contributed by atoms with Gasteiger partial charge >= 0.3 is 6.03 Å². The molecule has 0 unspecified atom stereocenters. The molecule has 1 heterocycles. The molecule has 0 atom stereocenters. The lowest BCUT2D eigenvalue weighted by molar-refractivity contribution is 0.102. The quantitative estimate of drug-likeness (QED) is 0.596. The number of benzene rings is 2. The molecule has 0 bridgehead atoms. The first-order chi connectivity index (χ1) is 12.5. The fourth-order valence-electron chi connectivity index (χ4n) is 2.01. The fourth-order valence-corrected chi connectivity index (χ4v) is 2.89. The highest BCUT2D eigenvalue weighted by Gasteiger charge is 2.14. The molecule has 0 spiro atoms. The van der Waals surface area contributed by atoms with Crippen molar-refractivity contribution in [1.82, 2.24) is 4.98 Å². The number of para-hydroxylation sites is 1. The molecule has 0 radical (unpaired) electrons. The Balaban J connectivity index is 1.61. The third-order valence-electron chi connectivity index (χ3n) is 3.16. The molecule has 2 aromatic carbocycles. The van der Waals surface area contributed by atoms with Crippen molar-refractivity contribution in [1.29, 1.82) is 0 Å². The van der Waals surface area contributed by atoms with Crippen molar-refractivity contribution in [2.75, 3.05) is 16.0 Å². The molecule has 3 aromatic rings. The van der Waals surface area contributed by atoms with E-state index in [0.29, 0.717) is 10.7 Å². The minimum Gasteiger partial charge on any atom is -0.318 e. The van der Waals surface area contributed by atoms with Gasteiger partial charge in [0.05, 0.1) is 5.69 Å². The summed E-state index contributed by atoms with van der Waals surface area (Å²) in [4.78, 5) is 28.1. The van der Waals surface area contributed by atoms with Crippen LogP contribution in [0.15, 0.2) is 53.9 Å². The summed E-state index contributed by atoms with van der Waals surface area (Å²) in [6, 6.07) is 11.9. The van der Waals surface area contributed by atoms with E-state index in [-0.39, 0.29) is 16.5 Å². The Hall–Kier alpha value is -2.97. The van der Waals surface area contributed by atoms with E-state index >= 15 is 0 Å². The van der Waals surface area contributed by atoms with E-state index in [1.54, 1.807) is 30.3 Å². The summed E-state index contributed by atoms with van der Waals surface area (Å²) in [5.74, 6) is -1.12. The normalized spacial score (nSPS) is 10.2. The monoisotopic (exact) mass is 390 g/mol. The van der Waals surface area contributed by atoms with Crippen molar-refractivity contribution in [2.24, 2.45) is 0 Å². The lowest BCUT2D eigenvalue weighted by atomic mass is 10.3. The van der Waals surface area contributed by atoms with Crippen LogP contribution in [0.25, 0.3) is 0 Å². The van der Waals surface area contributed by atoms with Crippen molar-refractivity contribution >= 4 is 51.4 Å². The third-order valence-corrected chi connectivity index (χ3v) is 4.15. The Morgan fingerprint density at radius 2 is 1.85 bits per heavy atom. The number of rotatable bonds is 4. The number of hydrogen-bond acceptors (Lipinski definition) is 4. The van der Waals surface area contributed by atoms with Gasteiger partial charge in [0.25, 0.3) is 5.91 Å². The summed E-state index contributed by atoms with van der Waals surface area (Å²) in [6.07, 6.45) is 0. The van der Waals surface area contributed by atoms with Gasteiger partial charge in [-0.3, -0.25) is 10.1 Å². The average molecular weight is 391 g/mol. The number of aromatic nitrogens is 1. The molecule has 132 valence electrons. The van der Waals surface area contributed by atoms with Crippen molar-refractivity contribution in [3.63, 3.8) is 0 Å². The van der Waals surface area contributed by atoms with Crippen molar-refractivity contribution < 1.29 is 14.0 Å². The molecule has 0 saturated heterocycles. The molecule has 3 rings (SSSR count). The second kappa shape index (κ2) is 7.94. The van der Waals surface area contributed by atoms with E-state index in [0.717, 1.165) is 11.3 Å². The Labute approximate surface area is 157 Å². The number of nitrogens with zero attached hydrogens (tertiary/aromatic N) is 1. The summed E-state index contributed by atoms with van der Waals surface area (Å²) in [5, 5.41) is 9.72. The molecule has 1 aromatic heterocycles. The summed E-state index contributed by atoms with van der Waals surface area (Å²) < 4.78 is 13.6. The average Bonchev–Trinajstić information content (AvgIpc) is 3.05. The minimum absolute atomic E-state index is 0.0544. The predicted molar refractivity (Wildman–Crippen MR) is 101 cm³/mol. The number of hydrogen-bond donors (Lipinski definition) is 3. The molecular weight excluding hydrogens is 379 g/mol. The van der Waals surface area contributed by atoms with Crippen molar-refractivity contribution in [2.45, 2.75) is 0 Å². The van der Waals surface area contributed by atoms with E-state index in [1.165, 1.54) is 23.6 Å². The van der Waals surface area contributed by atoms with E-state index < -0.39 is 17.8 Å². The van der Waals surface area contributed by atoms with Gasteiger partial charge in [-0.1, -0.05) is 29.8 Å². The molecule has 0 saturated carbocycles. The number of amides is 3. The molecule has 0 fully saturated rings. The zero-order chi connectivity index (χ0) is 18.5. The topological polar surface area (TPSA) is 83.1 Å². The predicted octanol–water partition coefficient (Wildman–Crippen LogP) is 4.83. The maximum atomic E-state index is 13.6. The van der Waals surface area contributed by atoms with Gasteiger partial charge in [-0.2, -0.15) is 0 Å². The summed E-state index contributed by atoms with van der Waals surface area (Å²) in [7, 11) is 0. The van der Waals surface area contributed by atoms with Crippen molar-refractivity contribution in [3.05, 3.63) is 70.4 Å². The van der Waals surface area contributed by atoms with Crippen molar-refractivity contribution in [3.8, 4) is 0 Å². The third kappa shape index (κ3) is 4.56. The summed E-state index contributed by atoms with van der Waals surface area (Å²) >= 11 is 6.92. The second-order valence-corrected chi connectivity index (χ2v) is 6.36. The Morgan fingerprint density at radius 1 is 1.04 bits per heavy atom. The Bertz CT molecular complexity index is 963. The van der Waals surface area contributed by atoms with Crippen LogP contribution in [0.1, 0.15) is 10.5 Å². The van der Waals surface area contributed by atoms with Gasteiger partial charge in [0.1, 0.15) is 11.5 Å². The minimum atomic E-state index is -0.574. The number of carbonyl (C=O) groups is 2. The smallest absolute Gasteiger partial charge is 0.318 e. The largest absolute Gasteiger partial charge is 0.325 e. The van der Waals surface area contributed by atoms with E-state index in [4.69, 9.17) is 11.6 Å². The van der Waals surface area contributed by atoms with Gasteiger partial charge in [-0.05, 0) is 30.3 Å². The number of halogens is 2. The van der Waals surface area contributed by atoms with E-state index in [1.807, 2.05) is 0 Å². The lowest BCUT2D eigenvalue weighted by Crippen LogP contribution is -2.19. The standard InChI is InChI=1S/C17H12ClFN4O2S/c18-10-4-3-5-11(8-10)20-16(25)23-17-22-14(9-26-17)15(24)21-13-7-2-1-6-12(13)19/h1-9H,(H,21,24)(H2,20,22,23,25). The van der Waals surface area contributed by atoms with Crippen LogP contribution in [0.2, 0.25) is 5.02 Å². The molecule has 0 aliphatic heterocycles. The highest BCUT2D eigenvalue weighted by atomic mass is 35.5. The fraction of sp³-hybridized carbons (Fsp3) is 0. The van der Waals surface area contributed by atoms with Crippen LogP contribution in [0.3, 0.4) is 0 Å². The second-order valence-electron chi connectivity index (χ2n) is 5.06. The van der Waals surface area contributed by atoms with Gasteiger partial charge in [0, 0.05) is 16.1 Å². The first-order valence-electron chi connectivity index (χ1n) is 7.36. The number of thiazole rings is 1. The first-order valence-corrected chi connectivity index (χ1v) is 8.62. The molecule has 0 aliphatic carbocycles. The molecule has 0 aliphatic rings. The zero-order valence-electron chi connectivity index (χ0n) is 13.1. The first kappa shape index (κ1) is 17.8. The summed E-state index contributed by atoms with van der Waals surface area (Å²) in [6.45, 7) is 0. The van der Waals surface area contributed by atoms with Gasteiger partial charge in [0.2, 0.25) is 0 Å². The molecule has 26 heavy (non-hydrogen) atoms. The maximum Gasteiger partial charge on any atom is 0.325 e. The number of anilines is 3. The SMILES string of the molecule is O=C(Nc1cccc(Cl)c1)Nc1nc(C(=O)Nc2ccccc2F)cs1. The molecule has 6 nitrogen and oxygen atoms in total. The van der Waals surface area contributed by atoms with E-state index in [2.05, 4.69) is 20.9 Å². The maximum absolute atomic E-state index is 13.6. The molecule has 9 heteroatoms. The highest BCUT2D eigenvalue weighted by molar-refractivity contribution is 7.14. The summed E-state index contributed by atoms with van der Waals surface area (Å²) in [5.41, 5.74) is 0.638. The molecular formula is C17H12ClFN4O2S. The Morgan fingerprint density at radius 3 is 2.62 bits per heavy atom. The van der Waals surface area contributed by atoms with E-state index in [9.17, 15) is 14.0 Å². The van der Waals surface area contributed by atoms with Crippen LogP contribution in [-0.2, 0) is 0 Å². The number of nitrogens with one attached hydrogen (secondary N) is 3. The van der Waals surface area contributed by atoms with Gasteiger partial charge < -0.3 is 10.6 Å². The zero-order valence-corrected chi connectivity index (χ0v) is 14.7. The number of carbonyl (C=O) groups excluding carboxylic acids is 2. The number of urea groups is 1. The lowest BCUT2D eigenvalue weighted by Gasteiger charge is -2.05. The van der Waals surface area contributed by atoms with Crippen LogP contribution in [0, 0.1) is 5.82 Å². The van der Waals surface area contributed by atoms with Crippen LogP contribution >= 0.6 is 22.9 Å². The molecule has 3 N–H and O–H groups in total. The van der Waals surface area contributed by atoms with Gasteiger partial charge in [-0.15, -0.1) is 11.3 Å². The van der Waals surface area contributed by atoms with Gasteiger partial charge in [-0.25, -0.2) is 14.2 Å². The highest BCUT2D eigenvalue weighted by Crippen LogP contribution is 2.19. The Kier molecular flexibility index (Phi) is 5.45. The van der Waals surface area contributed by atoms with Crippen LogP contribution in [0.5, 0.6) is 0 Å². The van der Waals surface area contributed by atoms with Crippen LogP contribution in [0.4, 0.5) is 25.7 Å². The molecule has 3 amide bonds. The van der Waals surface area contributed by atoms with Gasteiger partial charge in [0.15, 0.2) is 5.13 Å². The van der Waals surface area contributed by atoms with Crippen LogP contribution in [-0.4, -0.2) is 16.9 Å².